The molecule has 0 spiro atoms. The Morgan fingerprint density at radius 2 is 2.14 bits per heavy atom. The number of hydrazone groups is 1. The van der Waals surface area contributed by atoms with E-state index in [9.17, 15) is 15.2 Å². The molecule has 0 fully saturated rings. The molecule has 2 aromatic rings. The lowest BCUT2D eigenvalue weighted by Gasteiger charge is -2.06. The molecule has 22 heavy (non-hydrogen) atoms. The smallest absolute Gasteiger partial charge is 0.294 e. The first-order chi connectivity index (χ1) is 10.6. The average Bonchev–Trinajstić information content (AvgIpc) is 2.51. The molecule has 7 nitrogen and oxygen atoms in total. The summed E-state index contributed by atoms with van der Waals surface area (Å²) >= 11 is 0. The summed E-state index contributed by atoms with van der Waals surface area (Å²) in [7, 11) is 0. The van der Waals surface area contributed by atoms with Crippen LogP contribution in [0.4, 0.5) is 11.4 Å². The van der Waals surface area contributed by atoms with Crippen molar-refractivity contribution >= 4 is 17.6 Å². The molecule has 114 valence electrons. The van der Waals surface area contributed by atoms with E-state index in [0.29, 0.717) is 23.6 Å². The number of phenols is 1. The van der Waals surface area contributed by atoms with Gasteiger partial charge in [0, 0.05) is 6.07 Å². The largest absolute Gasteiger partial charge is 0.504 e. The Morgan fingerprint density at radius 3 is 2.86 bits per heavy atom. The zero-order valence-corrected chi connectivity index (χ0v) is 11.9. The van der Waals surface area contributed by atoms with Gasteiger partial charge in [-0.2, -0.15) is 5.10 Å². The number of hydrogen-bond donors (Lipinski definition) is 2. The van der Waals surface area contributed by atoms with Crippen LogP contribution in [0.25, 0.3) is 0 Å². The van der Waals surface area contributed by atoms with Crippen molar-refractivity contribution in [1.29, 1.82) is 0 Å². The van der Waals surface area contributed by atoms with Gasteiger partial charge in [0.05, 0.1) is 17.7 Å². The van der Waals surface area contributed by atoms with Gasteiger partial charge < -0.3 is 9.84 Å². The van der Waals surface area contributed by atoms with Crippen LogP contribution in [0.15, 0.2) is 47.6 Å². The van der Waals surface area contributed by atoms with Crippen molar-refractivity contribution in [3.8, 4) is 11.5 Å². The van der Waals surface area contributed by atoms with Gasteiger partial charge in [-0.25, -0.2) is 0 Å². The second kappa shape index (κ2) is 7.07. The van der Waals surface area contributed by atoms with Crippen LogP contribution >= 0.6 is 0 Å². The number of rotatable bonds is 6. The Morgan fingerprint density at radius 1 is 1.36 bits per heavy atom. The van der Waals surface area contributed by atoms with Crippen molar-refractivity contribution in [3.05, 3.63) is 58.1 Å². The van der Waals surface area contributed by atoms with Gasteiger partial charge in [-0.15, -0.1) is 0 Å². The van der Waals surface area contributed by atoms with Gasteiger partial charge in [0.2, 0.25) is 0 Å². The van der Waals surface area contributed by atoms with Crippen LogP contribution in [-0.4, -0.2) is 22.9 Å². The van der Waals surface area contributed by atoms with Crippen LogP contribution in [0.1, 0.15) is 12.5 Å². The number of para-hydroxylation sites is 2. The predicted octanol–water partition coefficient (Wildman–Crippen LogP) is 3.15. The van der Waals surface area contributed by atoms with Gasteiger partial charge in [0.1, 0.15) is 5.69 Å². The molecule has 0 aromatic heterocycles. The Labute approximate surface area is 127 Å². The van der Waals surface area contributed by atoms with E-state index in [1.54, 1.807) is 30.3 Å². The van der Waals surface area contributed by atoms with Crippen LogP contribution in [0, 0.1) is 10.1 Å². The highest BCUT2D eigenvalue weighted by atomic mass is 16.6. The maximum absolute atomic E-state index is 10.9. The van der Waals surface area contributed by atoms with Crippen molar-refractivity contribution in [1.82, 2.24) is 0 Å². The standard InChI is InChI=1S/C15H15N3O4/c1-2-22-15-9-11(7-8-14(15)19)10-16-17-12-5-3-4-6-13(12)18(20)21/h3-10,17,19H,2H2,1H3/b16-10+. The van der Waals surface area contributed by atoms with E-state index >= 15 is 0 Å². The second-order valence-electron chi connectivity index (χ2n) is 4.30. The number of nitrogens with zero attached hydrogens (tertiary/aromatic N) is 2. The average molecular weight is 301 g/mol. The van der Waals surface area contributed by atoms with E-state index in [2.05, 4.69) is 10.5 Å². The van der Waals surface area contributed by atoms with E-state index in [4.69, 9.17) is 4.74 Å². The quantitative estimate of drug-likeness (QED) is 0.485. The maximum atomic E-state index is 10.9. The summed E-state index contributed by atoms with van der Waals surface area (Å²) < 4.78 is 5.27. The number of hydrogen-bond acceptors (Lipinski definition) is 6. The highest BCUT2D eigenvalue weighted by molar-refractivity contribution is 5.81. The maximum Gasteiger partial charge on any atom is 0.294 e. The number of aromatic hydroxyl groups is 1. The number of nitro benzene ring substituents is 1. The fourth-order valence-electron chi connectivity index (χ4n) is 1.79. The predicted molar refractivity (Wildman–Crippen MR) is 83.6 cm³/mol. The third-order valence-electron chi connectivity index (χ3n) is 2.78. The number of benzene rings is 2. The van der Waals surface area contributed by atoms with Crippen LogP contribution in [0.5, 0.6) is 11.5 Å². The lowest BCUT2D eigenvalue weighted by molar-refractivity contribution is -0.384. The van der Waals surface area contributed by atoms with Crippen molar-refractivity contribution in [3.63, 3.8) is 0 Å². The molecule has 0 amide bonds. The van der Waals surface area contributed by atoms with Crippen LogP contribution in [0.3, 0.4) is 0 Å². The normalized spacial score (nSPS) is 10.6. The first-order valence-electron chi connectivity index (χ1n) is 6.60. The summed E-state index contributed by atoms with van der Waals surface area (Å²) in [5, 5.41) is 24.5. The van der Waals surface area contributed by atoms with Gasteiger partial charge in [0.25, 0.3) is 5.69 Å². The Bertz CT molecular complexity index is 701. The van der Waals surface area contributed by atoms with Gasteiger partial charge in [-0.1, -0.05) is 12.1 Å². The molecule has 0 aliphatic heterocycles. The molecule has 2 aromatic carbocycles. The van der Waals surface area contributed by atoms with Gasteiger partial charge in [-0.05, 0) is 36.8 Å². The summed E-state index contributed by atoms with van der Waals surface area (Å²) in [6.45, 7) is 2.25. The fourth-order valence-corrected chi connectivity index (χ4v) is 1.79. The third kappa shape index (κ3) is 3.72. The molecule has 0 atom stereocenters. The zero-order valence-electron chi connectivity index (χ0n) is 11.9. The zero-order chi connectivity index (χ0) is 15.9. The molecule has 2 rings (SSSR count). The first-order valence-corrected chi connectivity index (χ1v) is 6.60. The first kappa shape index (κ1) is 15.3. The second-order valence-corrected chi connectivity index (χ2v) is 4.30. The molecule has 0 radical (unpaired) electrons. The number of ether oxygens (including phenoxy) is 1. The minimum Gasteiger partial charge on any atom is -0.504 e. The number of anilines is 1. The number of nitrogens with one attached hydrogen (secondary N) is 1. The summed E-state index contributed by atoms with van der Waals surface area (Å²) in [4.78, 5) is 10.4. The van der Waals surface area contributed by atoms with Crippen molar-refractivity contribution < 1.29 is 14.8 Å². The fraction of sp³-hybridized carbons (Fsp3) is 0.133. The SMILES string of the molecule is CCOc1cc(/C=N/Nc2ccccc2[N+](=O)[O-])ccc1O. The van der Waals surface area contributed by atoms with Crippen LogP contribution in [0.2, 0.25) is 0 Å². The molecule has 7 heteroatoms. The van der Waals surface area contributed by atoms with Crippen molar-refractivity contribution in [2.75, 3.05) is 12.0 Å². The van der Waals surface area contributed by atoms with E-state index in [0.717, 1.165) is 0 Å². The van der Waals surface area contributed by atoms with Gasteiger partial charge >= 0.3 is 0 Å². The van der Waals surface area contributed by atoms with Gasteiger partial charge in [0.15, 0.2) is 11.5 Å². The molecule has 0 bridgehead atoms. The minimum absolute atomic E-state index is 0.0469. The molecule has 0 unspecified atom stereocenters. The summed E-state index contributed by atoms with van der Waals surface area (Å²) in [5.41, 5.74) is 3.56. The number of nitro groups is 1. The van der Waals surface area contributed by atoms with E-state index in [1.165, 1.54) is 18.3 Å². The molecule has 0 aliphatic rings. The monoisotopic (exact) mass is 301 g/mol. The van der Waals surface area contributed by atoms with Crippen molar-refractivity contribution in [2.45, 2.75) is 6.92 Å². The van der Waals surface area contributed by atoms with Crippen LogP contribution in [-0.2, 0) is 0 Å². The van der Waals surface area contributed by atoms with E-state index in [-0.39, 0.29) is 11.4 Å². The molecule has 0 aliphatic carbocycles. The van der Waals surface area contributed by atoms with Crippen molar-refractivity contribution in [2.24, 2.45) is 5.10 Å². The minimum atomic E-state index is -0.481. The molecular weight excluding hydrogens is 286 g/mol. The molecule has 0 saturated heterocycles. The highest BCUT2D eigenvalue weighted by Crippen LogP contribution is 2.26. The highest BCUT2D eigenvalue weighted by Gasteiger charge is 2.11. The topological polar surface area (TPSA) is 97.0 Å². The van der Waals surface area contributed by atoms with Gasteiger partial charge in [-0.3, -0.25) is 15.5 Å². The molecule has 0 saturated carbocycles. The Hall–Kier alpha value is -3.09. The Kier molecular flexibility index (Phi) is 4.92. The summed E-state index contributed by atoms with van der Waals surface area (Å²) in [5.74, 6) is 0.405. The molecule has 0 heterocycles. The van der Waals surface area contributed by atoms with Crippen LogP contribution < -0.4 is 10.2 Å². The molecule has 2 N–H and O–H groups in total. The third-order valence-corrected chi connectivity index (χ3v) is 2.78. The molecular formula is C15H15N3O4. The summed E-state index contributed by atoms with van der Waals surface area (Å²) in [6.07, 6.45) is 1.48. The lowest BCUT2D eigenvalue weighted by atomic mass is 10.2. The van der Waals surface area contributed by atoms with E-state index < -0.39 is 4.92 Å². The lowest BCUT2D eigenvalue weighted by Crippen LogP contribution is -1.97. The summed E-state index contributed by atoms with van der Waals surface area (Å²) in [6, 6.07) is 11.0. The van der Waals surface area contributed by atoms with E-state index in [1.807, 2.05) is 6.92 Å². The Balaban J connectivity index is 2.13. The number of phenolic OH excluding ortho intramolecular Hbond substituents is 1.